The molecule has 0 saturated carbocycles. The highest BCUT2D eigenvalue weighted by Crippen LogP contribution is 2.23. The van der Waals surface area contributed by atoms with Gasteiger partial charge in [0, 0.05) is 36.6 Å². The van der Waals surface area contributed by atoms with Crippen LogP contribution in [-0.2, 0) is 0 Å². The molecule has 1 heterocycles. The van der Waals surface area contributed by atoms with E-state index in [-0.39, 0.29) is 0 Å². The summed E-state index contributed by atoms with van der Waals surface area (Å²) >= 11 is 1.78. The number of benzene rings is 1. The lowest BCUT2D eigenvalue weighted by atomic mass is 10.2. The van der Waals surface area contributed by atoms with E-state index in [1.807, 2.05) is 24.3 Å². The largest absolute Gasteiger partial charge is 0.304 e. The summed E-state index contributed by atoms with van der Waals surface area (Å²) < 4.78 is 2.37. The lowest BCUT2D eigenvalue weighted by Gasteiger charge is -2.31. The molecule has 1 aliphatic heterocycles. The lowest BCUT2D eigenvalue weighted by Crippen LogP contribution is -2.40. The van der Waals surface area contributed by atoms with Gasteiger partial charge in [0.25, 0.3) is 0 Å². The summed E-state index contributed by atoms with van der Waals surface area (Å²) in [4.78, 5) is 14.1. The maximum absolute atomic E-state index is 10.5. The normalized spacial score (nSPS) is 18.6. The van der Waals surface area contributed by atoms with E-state index in [1.165, 1.54) is 4.90 Å². The molecule has 0 spiro atoms. The minimum atomic E-state index is 0.739. The van der Waals surface area contributed by atoms with Gasteiger partial charge in [-0.3, -0.25) is 4.79 Å². The molecular weight excluding hydrogens is 220 g/mol. The zero-order valence-electron chi connectivity index (χ0n) is 9.43. The Bertz CT molecular complexity index is 345. The van der Waals surface area contributed by atoms with Gasteiger partial charge in [-0.05, 0) is 31.1 Å². The Morgan fingerprint density at radius 2 is 1.75 bits per heavy atom. The zero-order chi connectivity index (χ0) is 11.4. The number of hydrogen-bond acceptors (Lipinski definition) is 4. The summed E-state index contributed by atoms with van der Waals surface area (Å²) in [5.41, 5.74) is 0.739. The van der Waals surface area contributed by atoms with Crippen LogP contribution in [0.5, 0.6) is 0 Å². The highest BCUT2D eigenvalue weighted by atomic mass is 32.2. The predicted molar refractivity (Wildman–Crippen MR) is 66.8 cm³/mol. The molecule has 3 nitrogen and oxygen atoms in total. The maximum Gasteiger partial charge on any atom is 0.150 e. The van der Waals surface area contributed by atoms with Gasteiger partial charge in [0.2, 0.25) is 0 Å². The smallest absolute Gasteiger partial charge is 0.150 e. The lowest BCUT2D eigenvalue weighted by molar-refractivity contribution is 0.112. The van der Waals surface area contributed by atoms with Gasteiger partial charge >= 0.3 is 0 Å². The monoisotopic (exact) mass is 236 g/mol. The third-order valence-corrected chi connectivity index (χ3v) is 3.82. The molecule has 1 aromatic carbocycles. The highest BCUT2D eigenvalue weighted by molar-refractivity contribution is 7.97. The molecule has 1 aliphatic rings. The molecule has 16 heavy (non-hydrogen) atoms. The van der Waals surface area contributed by atoms with E-state index < -0.39 is 0 Å². The van der Waals surface area contributed by atoms with Gasteiger partial charge in [-0.15, -0.1) is 0 Å². The second kappa shape index (κ2) is 5.48. The Morgan fingerprint density at radius 1 is 1.12 bits per heavy atom. The van der Waals surface area contributed by atoms with Crippen LogP contribution in [0, 0.1) is 0 Å². The van der Waals surface area contributed by atoms with E-state index >= 15 is 0 Å². The summed E-state index contributed by atoms with van der Waals surface area (Å²) in [6.45, 7) is 4.44. The van der Waals surface area contributed by atoms with Crippen molar-refractivity contribution in [2.24, 2.45) is 0 Å². The Labute approximate surface area is 101 Å². The van der Waals surface area contributed by atoms with Crippen molar-refractivity contribution in [3.8, 4) is 0 Å². The van der Waals surface area contributed by atoms with Crippen LogP contribution in [-0.4, -0.2) is 48.7 Å². The van der Waals surface area contributed by atoms with Crippen LogP contribution in [0.15, 0.2) is 29.2 Å². The molecule has 0 unspecified atom stereocenters. The van der Waals surface area contributed by atoms with Crippen LogP contribution in [0.4, 0.5) is 0 Å². The summed E-state index contributed by atoms with van der Waals surface area (Å²) in [6, 6.07) is 7.75. The summed E-state index contributed by atoms with van der Waals surface area (Å²) in [6.07, 6.45) is 0.879. The van der Waals surface area contributed by atoms with Crippen LogP contribution < -0.4 is 0 Å². The molecule has 0 aliphatic carbocycles. The molecule has 0 amide bonds. The van der Waals surface area contributed by atoms with Gasteiger partial charge in [0.1, 0.15) is 6.29 Å². The second-order valence-electron chi connectivity index (χ2n) is 4.01. The van der Waals surface area contributed by atoms with Crippen molar-refractivity contribution < 1.29 is 4.79 Å². The summed E-state index contributed by atoms with van der Waals surface area (Å²) in [5.74, 6) is 0. The maximum atomic E-state index is 10.5. The summed E-state index contributed by atoms with van der Waals surface area (Å²) in [5, 5.41) is 0. The standard InChI is InChI=1S/C12H16N2OS/c1-13-6-8-14(9-7-13)16-12-4-2-11(10-15)3-5-12/h2-5,10H,6-9H2,1H3. The molecule has 0 bridgehead atoms. The van der Waals surface area contributed by atoms with Gasteiger partial charge in [0.15, 0.2) is 0 Å². The molecular formula is C12H16N2OS. The molecule has 0 atom stereocenters. The fourth-order valence-corrected chi connectivity index (χ4v) is 2.54. The minimum absolute atomic E-state index is 0.739. The molecule has 1 saturated heterocycles. The number of nitrogens with zero attached hydrogens (tertiary/aromatic N) is 2. The number of hydrogen-bond donors (Lipinski definition) is 0. The van der Waals surface area contributed by atoms with E-state index in [1.54, 1.807) is 11.9 Å². The third kappa shape index (κ3) is 3.07. The van der Waals surface area contributed by atoms with Crippen molar-refractivity contribution >= 4 is 18.2 Å². The topological polar surface area (TPSA) is 23.6 Å². The fraction of sp³-hybridized carbons (Fsp3) is 0.417. The van der Waals surface area contributed by atoms with Crippen molar-refractivity contribution in [1.29, 1.82) is 0 Å². The first kappa shape index (κ1) is 11.6. The van der Waals surface area contributed by atoms with E-state index in [2.05, 4.69) is 16.3 Å². The average Bonchev–Trinajstić information content (AvgIpc) is 2.33. The minimum Gasteiger partial charge on any atom is -0.304 e. The number of aldehydes is 1. The highest BCUT2D eigenvalue weighted by Gasteiger charge is 2.14. The Hall–Kier alpha value is -0.840. The third-order valence-electron chi connectivity index (χ3n) is 2.71. The Balaban J connectivity index is 1.91. The quantitative estimate of drug-likeness (QED) is 0.589. The van der Waals surface area contributed by atoms with Crippen LogP contribution in [0.2, 0.25) is 0 Å². The molecule has 0 aromatic heterocycles. The fourth-order valence-electron chi connectivity index (χ4n) is 1.64. The van der Waals surface area contributed by atoms with Crippen LogP contribution in [0.25, 0.3) is 0 Å². The number of piperazine rings is 1. The van der Waals surface area contributed by atoms with Crippen molar-refractivity contribution in [3.63, 3.8) is 0 Å². The molecule has 0 radical (unpaired) electrons. The molecule has 1 aromatic rings. The van der Waals surface area contributed by atoms with E-state index in [4.69, 9.17) is 0 Å². The average molecular weight is 236 g/mol. The first-order valence-corrected chi connectivity index (χ1v) is 6.22. The molecule has 2 rings (SSSR count). The van der Waals surface area contributed by atoms with Gasteiger partial charge in [-0.25, -0.2) is 4.31 Å². The van der Waals surface area contributed by atoms with E-state index in [0.717, 1.165) is 38.0 Å². The zero-order valence-corrected chi connectivity index (χ0v) is 10.2. The number of rotatable bonds is 3. The molecule has 0 N–H and O–H groups in total. The van der Waals surface area contributed by atoms with Crippen molar-refractivity contribution in [2.75, 3.05) is 33.2 Å². The van der Waals surface area contributed by atoms with Gasteiger partial charge in [-0.2, -0.15) is 0 Å². The van der Waals surface area contributed by atoms with E-state index in [0.29, 0.717) is 0 Å². The first-order valence-electron chi connectivity index (χ1n) is 5.44. The summed E-state index contributed by atoms with van der Waals surface area (Å²) in [7, 11) is 2.15. The molecule has 1 fully saturated rings. The van der Waals surface area contributed by atoms with Crippen LogP contribution in [0.1, 0.15) is 10.4 Å². The van der Waals surface area contributed by atoms with Crippen molar-refractivity contribution in [1.82, 2.24) is 9.21 Å². The SMILES string of the molecule is CN1CCN(Sc2ccc(C=O)cc2)CC1. The van der Waals surface area contributed by atoms with Crippen LogP contribution >= 0.6 is 11.9 Å². The van der Waals surface area contributed by atoms with Gasteiger partial charge < -0.3 is 4.90 Å². The Kier molecular flexibility index (Phi) is 3.98. The van der Waals surface area contributed by atoms with Crippen LogP contribution in [0.3, 0.4) is 0 Å². The predicted octanol–water partition coefficient (Wildman–Crippen LogP) is 1.75. The second-order valence-corrected chi connectivity index (χ2v) is 5.18. The Morgan fingerprint density at radius 3 is 2.31 bits per heavy atom. The number of carbonyl (C=O) groups excluding carboxylic acids is 1. The molecule has 86 valence electrons. The number of likely N-dealkylation sites (N-methyl/N-ethyl adjacent to an activating group) is 1. The van der Waals surface area contributed by atoms with Gasteiger partial charge in [-0.1, -0.05) is 12.1 Å². The van der Waals surface area contributed by atoms with Crippen molar-refractivity contribution in [3.05, 3.63) is 29.8 Å². The van der Waals surface area contributed by atoms with Gasteiger partial charge in [0.05, 0.1) is 0 Å². The van der Waals surface area contributed by atoms with Crippen molar-refractivity contribution in [2.45, 2.75) is 4.90 Å². The van der Waals surface area contributed by atoms with E-state index in [9.17, 15) is 4.79 Å². The number of carbonyl (C=O) groups is 1. The first-order chi connectivity index (χ1) is 7.78. The molecule has 4 heteroatoms.